The number of rotatable bonds is 3. The molecule has 0 aromatic heterocycles. The predicted octanol–water partition coefficient (Wildman–Crippen LogP) is 5.87. The van der Waals surface area contributed by atoms with E-state index < -0.39 is 0 Å². The second kappa shape index (κ2) is 5.86. The van der Waals surface area contributed by atoms with Crippen LogP contribution in [0.3, 0.4) is 0 Å². The van der Waals surface area contributed by atoms with Gasteiger partial charge in [0.2, 0.25) is 0 Å². The average Bonchev–Trinajstić information content (AvgIpc) is 2.48. The van der Waals surface area contributed by atoms with Crippen molar-refractivity contribution in [3.63, 3.8) is 0 Å². The summed E-state index contributed by atoms with van der Waals surface area (Å²) in [6.07, 6.45) is 0. The van der Waals surface area contributed by atoms with Crippen LogP contribution in [0.25, 0.3) is 10.8 Å². The molecule has 100 valence electrons. The maximum absolute atomic E-state index is 6.12. The van der Waals surface area contributed by atoms with E-state index in [1.54, 1.807) is 0 Å². The molecule has 0 bridgehead atoms. The molecule has 0 aliphatic heterocycles. The van der Waals surface area contributed by atoms with Gasteiger partial charge in [0.05, 0.1) is 5.02 Å². The van der Waals surface area contributed by atoms with Crippen molar-refractivity contribution in [2.24, 2.45) is 0 Å². The first-order chi connectivity index (χ1) is 9.74. The highest BCUT2D eigenvalue weighted by Crippen LogP contribution is 2.26. The van der Waals surface area contributed by atoms with Crippen LogP contribution < -0.4 is 5.32 Å². The van der Waals surface area contributed by atoms with Gasteiger partial charge >= 0.3 is 0 Å². The van der Waals surface area contributed by atoms with Crippen LogP contribution in [-0.4, -0.2) is 0 Å². The molecule has 3 rings (SSSR count). The molecule has 1 N–H and O–H groups in total. The average molecular weight is 347 g/mol. The summed E-state index contributed by atoms with van der Waals surface area (Å²) in [5.74, 6) is 0. The van der Waals surface area contributed by atoms with Gasteiger partial charge in [-0.15, -0.1) is 0 Å². The van der Waals surface area contributed by atoms with Crippen molar-refractivity contribution in [3.8, 4) is 0 Å². The summed E-state index contributed by atoms with van der Waals surface area (Å²) in [4.78, 5) is 0. The van der Waals surface area contributed by atoms with E-state index in [1.807, 2.05) is 12.1 Å². The van der Waals surface area contributed by atoms with Crippen molar-refractivity contribution in [2.75, 3.05) is 5.32 Å². The van der Waals surface area contributed by atoms with Gasteiger partial charge in [0.25, 0.3) is 0 Å². The Morgan fingerprint density at radius 3 is 2.60 bits per heavy atom. The summed E-state index contributed by atoms with van der Waals surface area (Å²) in [7, 11) is 0. The molecule has 0 amide bonds. The molecule has 20 heavy (non-hydrogen) atoms. The minimum Gasteiger partial charge on any atom is -0.380 e. The Hall–Kier alpha value is -1.51. The standard InChI is InChI=1S/C17H13BrClN/c18-15-9-8-12(10-16(15)19)11-20-17-7-3-5-13-4-1-2-6-14(13)17/h1-10,20H,11H2. The zero-order valence-electron chi connectivity index (χ0n) is 10.7. The predicted molar refractivity (Wildman–Crippen MR) is 90.4 cm³/mol. The number of nitrogens with one attached hydrogen (secondary N) is 1. The largest absolute Gasteiger partial charge is 0.380 e. The van der Waals surface area contributed by atoms with Gasteiger partial charge < -0.3 is 5.32 Å². The number of hydrogen-bond donors (Lipinski definition) is 1. The van der Waals surface area contributed by atoms with E-state index in [-0.39, 0.29) is 0 Å². The summed E-state index contributed by atoms with van der Waals surface area (Å²) in [5, 5.41) is 6.69. The molecule has 1 nitrogen and oxygen atoms in total. The van der Waals surface area contributed by atoms with Gasteiger partial charge in [-0.3, -0.25) is 0 Å². The number of fused-ring (bicyclic) bond motifs is 1. The molecule has 0 fully saturated rings. The SMILES string of the molecule is Clc1cc(CNc2cccc3ccccc23)ccc1Br. The Morgan fingerprint density at radius 1 is 0.950 bits per heavy atom. The van der Waals surface area contributed by atoms with Crippen LogP contribution in [0, 0.1) is 0 Å². The molecule has 3 heteroatoms. The fraction of sp³-hybridized carbons (Fsp3) is 0.0588. The summed E-state index contributed by atoms with van der Waals surface area (Å²) in [5.41, 5.74) is 2.30. The van der Waals surface area contributed by atoms with Gasteiger partial charge in [-0.25, -0.2) is 0 Å². The second-order valence-electron chi connectivity index (χ2n) is 4.63. The third-order valence-electron chi connectivity index (χ3n) is 3.26. The quantitative estimate of drug-likeness (QED) is 0.625. The molecule has 0 radical (unpaired) electrons. The molecular formula is C17H13BrClN. The minimum atomic E-state index is 0.738. The van der Waals surface area contributed by atoms with Crippen molar-refractivity contribution >= 4 is 44.0 Å². The highest BCUT2D eigenvalue weighted by Gasteiger charge is 2.02. The molecule has 0 atom stereocenters. The monoisotopic (exact) mass is 345 g/mol. The lowest BCUT2D eigenvalue weighted by Gasteiger charge is -2.10. The first kappa shape index (κ1) is 13.5. The smallest absolute Gasteiger partial charge is 0.0551 e. The maximum Gasteiger partial charge on any atom is 0.0551 e. The lowest BCUT2D eigenvalue weighted by atomic mass is 10.1. The Kier molecular flexibility index (Phi) is 3.95. The molecular weight excluding hydrogens is 334 g/mol. The van der Waals surface area contributed by atoms with Crippen molar-refractivity contribution in [1.29, 1.82) is 0 Å². The summed E-state index contributed by atoms with van der Waals surface area (Å²) in [6, 6.07) is 20.7. The molecule has 0 spiro atoms. The van der Waals surface area contributed by atoms with Gasteiger partial charge in [-0.1, -0.05) is 54.1 Å². The van der Waals surface area contributed by atoms with Crippen LogP contribution in [0.4, 0.5) is 5.69 Å². The molecule has 3 aromatic rings. The van der Waals surface area contributed by atoms with Crippen molar-refractivity contribution in [3.05, 3.63) is 75.7 Å². The molecule has 0 aliphatic rings. The van der Waals surface area contributed by atoms with Crippen LogP contribution in [0.2, 0.25) is 5.02 Å². The zero-order valence-corrected chi connectivity index (χ0v) is 13.1. The van der Waals surface area contributed by atoms with Crippen LogP contribution in [0.1, 0.15) is 5.56 Å². The fourth-order valence-corrected chi connectivity index (χ4v) is 2.68. The Morgan fingerprint density at radius 2 is 1.75 bits per heavy atom. The van der Waals surface area contributed by atoms with Gasteiger partial charge in [-0.2, -0.15) is 0 Å². The molecule has 3 aromatic carbocycles. The van der Waals surface area contributed by atoms with Crippen LogP contribution >= 0.6 is 27.5 Å². The maximum atomic E-state index is 6.12. The Bertz CT molecular complexity index is 750. The molecule has 0 unspecified atom stereocenters. The number of halogens is 2. The molecule has 0 saturated carbocycles. The summed E-state index contributed by atoms with van der Waals surface area (Å²) in [6.45, 7) is 0.751. The van der Waals surface area contributed by atoms with Gasteiger partial charge in [0.1, 0.15) is 0 Å². The van der Waals surface area contributed by atoms with E-state index in [2.05, 4.69) is 69.8 Å². The van der Waals surface area contributed by atoms with Crippen molar-refractivity contribution < 1.29 is 0 Å². The molecule has 0 saturated heterocycles. The van der Waals surface area contributed by atoms with E-state index in [0.717, 1.165) is 27.3 Å². The molecule has 0 heterocycles. The van der Waals surface area contributed by atoms with Crippen LogP contribution in [-0.2, 0) is 6.54 Å². The lowest BCUT2D eigenvalue weighted by Crippen LogP contribution is -1.99. The zero-order chi connectivity index (χ0) is 13.9. The highest BCUT2D eigenvalue weighted by molar-refractivity contribution is 9.10. The second-order valence-corrected chi connectivity index (χ2v) is 5.89. The van der Waals surface area contributed by atoms with Gasteiger partial charge in [0.15, 0.2) is 0 Å². The number of anilines is 1. The number of hydrogen-bond acceptors (Lipinski definition) is 1. The first-order valence-corrected chi connectivity index (χ1v) is 7.57. The normalized spacial score (nSPS) is 10.7. The van der Waals surface area contributed by atoms with E-state index in [4.69, 9.17) is 11.6 Å². The van der Waals surface area contributed by atoms with E-state index >= 15 is 0 Å². The minimum absolute atomic E-state index is 0.738. The fourth-order valence-electron chi connectivity index (χ4n) is 2.23. The topological polar surface area (TPSA) is 12.0 Å². The Labute approximate surface area is 131 Å². The van der Waals surface area contributed by atoms with E-state index in [0.29, 0.717) is 0 Å². The van der Waals surface area contributed by atoms with Crippen LogP contribution in [0.15, 0.2) is 65.1 Å². The van der Waals surface area contributed by atoms with E-state index in [9.17, 15) is 0 Å². The van der Waals surface area contributed by atoms with E-state index in [1.165, 1.54) is 10.8 Å². The summed E-state index contributed by atoms with van der Waals surface area (Å²) >= 11 is 9.52. The van der Waals surface area contributed by atoms with Gasteiger partial charge in [-0.05, 0) is 45.1 Å². The third kappa shape index (κ3) is 2.82. The van der Waals surface area contributed by atoms with Crippen LogP contribution in [0.5, 0.6) is 0 Å². The van der Waals surface area contributed by atoms with Gasteiger partial charge in [0, 0.05) is 22.1 Å². The number of benzene rings is 3. The first-order valence-electron chi connectivity index (χ1n) is 6.39. The summed E-state index contributed by atoms with van der Waals surface area (Å²) < 4.78 is 0.924. The third-order valence-corrected chi connectivity index (χ3v) is 4.49. The van der Waals surface area contributed by atoms with Crippen molar-refractivity contribution in [1.82, 2.24) is 0 Å². The highest BCUT2D eigenvalue weighted by atomic mass is 79.9. The molecule has 0 aliphatic carbocycles. The lowest BCUT2D eigenvalue weighted by molar-refractivity contribution is 1.15. The van der Waals surface area contributed by atoms with Crippen molar-refractivity contribution in [2.45, 2.75) is 6.54 Å². The Balaban J connectivity index is 1.85.